The molecular formula is C28H23FN8O2S. The molecule has 40 heavy (non-hydrogen) atoms. The number of hydrogen-bond acceptors (Lipinski definition) is 8. The summed E-state index contributed by atoms with van der Waals surface area (Å²) in [7, 11) is 0. The molecule has 0 saturated carbocycles. The van der Waals surface area contributed by atoms with Crippen molar-refractivity contribution < 1.29 is 14.0 Å². The minimum absolute atomic E-state index is 0.0221. The van der Waals surface area contributed by atoms with E-state index in [4.69, 9.17) is 4.98 Å². The van der Waals surface area contributed by atoms with Crippen LogP contribution in [0.3, 0.4) is 0 Å². The third kappa shape index (κ3) is 4.41. The number of hydrogen-bond donors (Lipinski definition) is 3. The number of thiophene rings is 1. The summed E-state index contributed by atoms with van der Waals surface area (Å²) in [6.07, 6.45) is 6.05. The Morgan fingerprint density at radius 3 is 2.65 bits per heavy atom. The number of nitrogens with zero attached hydrogens (tertiary/aromatic N) is 5. The molecule has 10 nitrogen and oxygen atoms in total. The molecule has 0 radical (unpaired) electrons. The van der Waals surface area contributed by atoms with Crippen LogP contribution in [0.1, 0.15) is 37.4 Å². The summed E-state index contributed by atoms with van der Waals surface area (Å²) < 4.78 is 16.1. The highest BCUT2D eigenvalue weighted by atomic mass is 32.1. The van der Waals surface area contributed by atoms with Crippen molar-refractivity contribution >= 4 is 50.8 Å². The second-order valence-electron chi connectivity index (χ2n) is 10.3. The molecule has 0 saturated heterocycles. The molecule has 6 rings (SSSR count). The van der Waals surface area contributed by atoms with Gasteiger partial charge in [-0.1, -0.05) is 20.8 Å². The first-order valence-electron chi connectivity index (χ1n) is 12.4. The molecule has 12 heteroatoms. The van der Waals surface area contributed by atoms with E-state index in [1.807, 2.05) is 6.07 Å². The zero-order chi connectivity index (χ0) is 28.2. The normalized spacial score (nSPS) is 11.8. The summed E-state index contributed by atoms with van der Waals surface area (Å²) in [5.41, 5.74) is 2.88. The third-order valence-electron chi connectivity index (χ3n) is 6.33. The van der Waals surface area contributed by atoms with Gasteiger partial charge in [-0.15, -0.1) is 11.3 Å². The number of aromatic nitrogens is 7. The van der Waals surface area contributed by atoms with Gasteiger partial charge in [0.25, 0.3) is 0 Å². The van der Waals surface area contributed by atoms with E-state index in [9.17, 15) is 9.59 Å². The lowest BCUT2D eigenvalue weighted by Gasteiger charge is -2.17. The Morgan fingerprint density at radius 1 is 1.07 bits per heavy atom. The molecule has 6 aromatic rings. The summed E-state index contributed by atoms with van der Waals surface area (Å²) in [5.74, 6) is -0.405. The van der Waals surface area contributed by atoms with E-state index in [-0.39, 0.29) is 28.3 Å². The fourth-order valence-electron chi connectivity index (χ4n) is 4.19. The maximum Gasteiger partial charge on any atom is 0.229 e. The van der Waals surface area contributed by atoms with Gasteiger partial charge >= 0.3 is 0 Å². The van der Waals surface area contributed by atoms with Crippen LogP contribution in [0.2, 0.25) is 0 Å². The van der Waals surface area contributed by atoms with Crippen LogP contribution < -0.4 is 5.32 Å². The summed E-state index contributed by atoms with van der Waals surface area (Å²) in [4.78, 5) is 46.6. The molecule has 0 aliphatic rings. The van der Waals surface area contributed by atoms with Crippen molar-refractivity contribution in [1.82, 2.24) is 35.1 Å². The molecule has 0 atom stereocenters. The predicted molar refractivity (Wildman–Crippen MR) is 151 cm³/mol. The third-order valence-corrected chi connectivity index (χ3v) is 7.52. The molecule has 6 aromatic heterocycles. The largest absolute Gasteiger partial charge is 0.337 e. The van der Waals surface area contributed by atoms with Gasteiger partial charge in [0, 0.05) is 35.1 Å². The fraction of sp³-hybridized carbons (Fsp3) is 0.179. The van der Waals surface area contributed by atoms with Gasteiger partial charge in [-0.05, 0) is 31.2 Å². The molecular weight excluding hydrogens is 531 g/mol. The quantitative estimate of drug-likeness (QED) is 0.221. The van der Waals surface area contributed by atoms with Gasteiger partial charge in [0.2, 0.25) is 5.91 Å². The van der Waals surface area contributed by atoms with Crippen LogP contribution in [-0.4, -0.2) is 46.8 Å². The van der Waals surface area contributed by atoms with Crippen LogP contribution in [-0.2, 0) is 4.79 Å². The number of H-pyrrole nitrogens is 2. The average Bonchev–Trinajstić information content (AvgIpc) is 3.66. The molecule has 0 bridgehead atoms. The first-order valence-corrected chi connectivity index (χ1v) is 13.2. The Balaban J connectivity index is 1.43. The lowest BCUT2D eigenvalue weighted by molar-refractivity contribution is -0.123. The summed E-state index contributed by atoms with van der Waals surface area (Å²) >= 11 is 1.34. The standard InChI is InChI=1S/C28H23FN8O2S/c1-13(38)18-5-6-19(40-18)23-22-17(7-8-31-23)34-26(35-22)24-20-21(29)16(12-32-25(20)37-36-24)14-9-15(11-30-10-14)33-27(39)28(2,3)4/h5-12H,1-4H3,(H,33,39)(H,34,35)(H,32,36,37). The van der Waals surface area contributed by atoms with Crippen molar-refractivity contribution in [3.05, 3.63) is 59.7 Å². The molecule has 0 fully saturated rings. The van der Waals surface area contributed by atoms with E-state index in [1.165, 1.54) is 36.9 Å². The van der Waals surface area contributed by atoms with E-state index in [0.29, 0.717) is 44.4 Å². The molecule has 1 amide bonds. The number of nitrogens with one attached hydrogen (secondary N) is 3. The Kier molecular flexibility index (Phi) is 5.99. The van der Waals surface area contributed by atoms with Crippen LogP contribution in [0.4, 0.5) is 10.1 Å². The average molecular weight is 555 g/mol. The number of pyridine rings is 3. The minimum Gasteiger partial charge on any atom is -0.337 e. The SMILES string of the molecule is CC(=O)c1ccc(-c2nccc3[nH]c(-c4[nH]nc5ncc(-c6cncc(NC(=O)C(C)(C)C)c6)c(F)c45)nc23)s1. The lowest BCUT2D eigenvalue weighted by Crippen LogP contribution is -2.27. The lowest BCUT2D eigenvalue weighted by atomic mass is 9.95. The summed E-state index contributed by atoms with van der Waals surface area (Å²) in [6, 6.07) is 7.03. The van der Waals surface area contributed by atoms with Gasteiger partial charge in [-0.2, -0.15) is 5.10 Å². The monoisotopic (exact) mass is 554 g/mol. The molecule has 200 valence electrons. The number of imidazole rings is 1. The van der Waals surface area contributed by atoms with Gasteiger partial charge in [0.05, 0.1) is 32.5 Å². The van der Waals surface area contributed by atoms with Crippen LogP contribution in [0.25, 0.3) is 55.3 Å². The van der Waals surface area contributed by atoms with Crippen LogP contribution >= 0.6 is 11.3 Å². The molecule has 0 aliphatic carbocycles. The molecule has 0 unspecified atom stereocenters. The van der Waals surface area contributed by atoms with Crippen LogP contribution in [0.15, 0.2) is 49.1 Å². The highest BCUT2D eigenvalue weighted by Gasteiger charge is 2.23. The van der Waals surface area contributed by atoms with Gasteiger partial charge < -0.3 is 10.3 Å². The number of fused-ring (bicyclic) bond motifs is 2. The number of anilines is 1. The zero-order valence-electron chi connectivity index (χ0n) is 22.0. The zero-order valence-corrected chi connectivity index (χ0v) is 22.8. The first-order chi connectivity index (χ1) is 19.1. The van der Waals surface area contributed by atoms with Crippen molar-refractivity contribution in [2.24, 2.45) is 5.41 Å². The van der Waals surface area contributed by atoms with Gasteiger partial charge in [0.1, 0.15) is 22.7 Å². The van der Waals surface area contributed by atoms with Gasteiger partial charge in [-0.25, -0.2) is 14.4 Å². The maximum absolute atomic E-state index is 16.1. The molecule has 0 aromatic carbocycles. The Labute approximate surface area is 231 Å². The van der Waals surface area contributed by atoms with Crippen LogP contribution in [0, 0.1) is 11.2 Å². The molecule has 0 aliphatic heterocycles. The predicted octanol–water partition coefficient (Wildman–Crippen LogP) is 6.01. The summed E-state index contributed by atoms with van der Waals surface area (Å²) in [6.45, 7) is 6.93. The maximum atomic E-state index is 16.1. The second-order valence-corrected chi connectivity index (χ2v) is 11.4. The number of aromatic amines is 2. The number of amides is 1. The number of Topliss-reactive ketones (excluding diaryl/α,β-unsaturated/α-hetero) is 1. The fourth-order valence-corrected chi connectivity index (χ4v) is 5.08. The van der Waals surface area contributed by atoms with Gasteiger partial charge in [0.15, 0.2) is 17.3 Å². The topological polar surface area (TPSA) is 142 Å². The number of rotatable bonds is 5. The minimum atomic E-state index is -0.603. The molecule has 3 N–H and O–H groups in total. The van der Waals surface area contributed by atoms with Gasteiger partial charge in [-0.3, -0.25) is 24.7 Å². The Bertz CT molecular complexity index is 1950. The van der Waals surface area contributed by atoms with E-state index in [0.717, 1.165) is 4.88 Å². The number of ketones is 1. The summed E-state index contributed by atoms with van der Waals surface area (Å²) in [5, 5.41) is 10.0. The van der Waals surface area contributed by atoms with Crippen molar-refractivity contribution in [3.63, 3.8) is 0 Å². The Morgan fingerprint density at radius 2 is 1.90 bits per heavy atom. The van der Waals surface area contributed by atoms with Crippen molar-refractivity contribution in [3.8, 4) is 33.2 Å². The number of halogens is 1. The Hall–Kier alpha value is -4.84. The molecule has 6 heterocycles. The number of carbonyl (C=O) groups is 2. The first kappa shape index (κ1) is 25.4. The van der Waals surface area contributed by atoms with E-state index in [1.54, 1.807) is 45.2 Å². The molecule has 0 spiro atoms. The highest BCUT2D eigenvalue weighted by Crippen LogP contribution is 2.36. The van der Waals surface area contributed by atoms with E-state index < -0.39 is 11.2 Å². The van der Waals surface area contributed by atoms with Crippen molar-refractivity contribution in [2.75, 3.05) is 5.32 Å². The second kappa shape index (κ2) is 9.42. The van der Waals surface area contributed by atoms with E-state index in [2.05, 4.69) is 35.5 Å². The van der Waals surface area contributed by atoms with Crippen molar-refractivity contribution in [1.29, 1.82) is 0 Å². The smallest absolute Gasteiger partial charge is 0.229 e. The van der Waals surface area contributed by atoms with Crippen molar-refractivity contribution in [2.45, 2.75) is 27.7 Å². The number of carbonyl (C=O) groups excluding carboxylic acids is 2. The highest BCUT2D eigenvalue weighted by molar-refractivity contribution is 7.17. The van der Waals surface area contributed by atoms with E-state index >= 15 is 4.39 Å². The van der Waals surface area contributed by atoms with Crippen LogP contribution in [0.5, 0.6) is 0 Å².